The van der Waals surface area contributed by atoms with Crippen molar-refractivity contribution in [1.82, 2.24) is 14.8 Å². The number of fused-ring (bicyclic) bond motifs is 1. The maximum Gasteiger partial charge on any atom is 0.322 e. The molecular formula is C17H21N3O3. The van der Waals surface area contributed by atoms with Crippen molar-refractivity contribution < 1.29 is 14.7 Å². The predicted molar refractivity (Wildman–Crippen MR) is 87.3 cm³/mol. The Hall–Kier alpha value is -2.34. The standard InChI is InChI=1S/C17H21N3O3/c1-19-8-9-20(11-15(19)17(22)23)16(21)7-6-12-10-18-14-5-3-2-4-13(12)14/h2-5,10,15,18H,6-9,11H2,1H3,(H,22,23)/t15-/m1/s1. The largest absolute Gasteiger partial charge is 0.480 e. The SMILES string of the molecule is CN1CCN(C(=O)CCc2c[nH]c3ccccc23)C[C@@H]1C(=O)O. The van der Waals surface area contributed by atoms with E-state index in [-0.39, 0.29) is 12.5 Å². The minimum Gasteiger partial charge on any atom is -0.480 e. The normalized spacial score (nSPS) is 19.2. The van der Waals surface area contributed by atoms with Crippen molar-refractivity contribution in [1.29, 1.82) is 0 Å². The lowest BCUT2D eigenvalue weighted by Gasteiger charge is -2.37. The zero-order valence-corrected chi connectivity index (χ0v) is 13.2. The molecule has 6 heteroatoms. The Morgan fingerprint density at radius 1 is 1.30 bits per heavy atom. The van der Waals surface area contributed by atoms with Crippen LogP contribution in [0.5, 0.6) is 0 Å². The van der Waals surface area contributed by atoms with Crippen LogP contribution in [0, 0.1) is 0 Å². The zero-order chi connectivity index (χ0) is 16.4. The van der Waals surface area contributed by atoms with E-state index in [2.05, 4.69) is 4.98 Å². The number of piperazine rings is 1. The van der Waals surface area contributed by atoms with E-state index < -0.39 is 12.0 Å². The van der Waals surface area contributed by atoms with Crippen molar-refractivity contribution in [2.45, 2.75) is 18.9 Å². The lowest BCUT2D eigenvalue weighted by atomic mass is 10.1. The van der Waals surface area contributed by atoms with Crippen LogP contribution in [0.25, 0.3) is 10.9 Å². The first-order chi connectivity index (χ1) is 11.1. The summed E-state index contributed by atoms with van der Waals surface area (Å²) in [5.74, 6) is -0.851. The maximum atomic E-state index is 12.4. The topological polar surface area (TPSA) is 76.6 Å². The second-order valence-electron chi connectivity index (χ2n) is 6.03. The number of nitrogens with one attached hydrogen (secondary N) is 1. The number of likely N-dealkylation sites (N-methyl/N-ethyl adjacent to an activating group) is 1. The molecule has 1 fully saturated rings. The summed E-state index contributed by atoms with van der Waals surface area (Å²) in [4.78, 5) is 30.3. The molecule has 0 radical (unpaired) electrons. The molecule has 1 amide bonds. The summed E-state index contributed by atoms with van der Waals surface area (Å²) in [6.45, 7) is 1.45. The number of aromatic nitrogens is 1. The van der Waals surface area contributed by atoms with Gasteiger partial charge >= 0.3 is 5.97 Å². The Balaban J connectivity index is 1.62. The fraction of sp³-hybridized carbons (Fsp3) is 0.412. The average Bonchev–Trinajstić information content (AvgIpc) is 2.96. The van der Waals surface area contributed by atoms with Gasteiger partial charge < -0.3 is 15.0 Å². The summed E-state index contributed by atoms with van der Waals surface area (Å²) in [6, 6.07) is 7.41. The lowest BCUT2D eigenvalue weighted by molar-refractivity contribution is -0.147. The van der Waals surface area contributed by atoms with Gasteiger partial charge in [-0.3, -0.25) is 14.5 Å². The molecular weight excluding hydrogens is 294 g/mol. The molecule has 0 bridgehead atoms. The summed E-state index contributed by atoms with van der Waals surface area (Å²) in [5, 5.41) is 10.4. The summed E-state index contributed by atoms with van der Waals surface area (Å²) in [6.07, 6.45) is 3.01. The van der Waals surface area contributed by atoms with Gasteiger partial charge in [0.25, 0.3) is 0 Å². The van der Waals surface area contributed by atoms with Crippen LogP contribution in [0.2, 0.25) is 0 Å². The number of carbonyl (C=O) groups excluding carboxylic acids is 1. The van der Waals surface area contributed by atoms with Gasteiger partial charge in [-0.1, -0.05) is 18.2 Å². The van der Waals surface area contributed by atoms with Crippen LogP contribution in [0.1, 0.15) is 12.0 Å². The number of carboxylic acid groups (broad SMARTS) is 1. The lowest BCUT2D eigenvalue weighted by Crippen LogP contribution is -2.56. The van der Waals surface area contributed by atoms with E-state index in [0.29, 0.717) is 25.9 Å². The number of aryl methyl sites for hydroxylation is 1. The Labute approximate surface area is 134 Å². The third kappa shape index (κ3) is 3.22. The number of aromatic amines is 1. The van der Waals surface area contributed by atoms with Crippen LogP contribution in [0.4, 0.5) is 0 Å². The number of carbonyl (C=O) groups is 2. The van der Waals surface area contributed by atoms with Gasteiger partial charge in [-0.05, 0) is 25.1 Å². The van der Waals surface area contributed by atoms with E-state index in [0.717, 1.165) is 16.5 Å². The first-order valence-corrected chi connectivity index (χ1v) is 7.82. The number of carboxylic acids is 1. The highest BCUT2D eigenvalue weighted by molar-refractivity contribution is 5.84. The quantitative estimate of drug-likeness (QED) is 0.892. The Bertz CT molecular complexity index is 725. The van der Waals surface area contributed by atoms with Crippen LogP contribution in [0.15, 0.2) is 30.5 Å². The summed E-state index contributed by atoms with van der Waals surface area (Å²) >= 11 is 0. The highest BCUT2D eigenvalue weighted by Gasteiger charge is 2.31. The molecule has 122 valence electrons. The van der Waals surface area contributed by atoms with Gasteiger partial charge in [0.2, 0.25) is 5.91 Å². The first kappa shape index (κ1) is 15.6. The molecule has 1 aromatic heterocycles. The number of benzene rings is 1. The minimum absolute atomic E-state index is 0.0228. The van der Waals surface area contributed by atoms with E-state index in [9.17, 15) is 14.7 Å². The van der Waals surface area contributed by atoms with Gasteiger partial charge in [-0.15, -0.1) is 0 Å². The molecule has 0 spiro atoms. The maximum absolute atomic E-state index is 12.4. The molecule has 2 aromatic rings. The number of H-pyrrole nitrogens is 1. The number of nitrogens with zero attached hydrogens (tertiary/aromatic N) is 2. The van der Waals surface area contributed by atoms with E-state index in [1.807, 2.05) is 30.5 Å². The molecule has 0 unspecified atom stereocenters. The Morgan fingerprint density at radius 3 is 2.87 bits per heavy atom. The molecule has 3 rings (SSSR count). The molecule has 2 N–H and O–H groups in total. The molecule has 1 aliphatic heterocycles. The van der Waals surface area contributed by atoms with Crippen molar-refractivity contribution in [2.24, 2.45) is 0 Å². The van der Waals surface area contributed by atoms with Crippen molar-refractivity contribution in [2.75, 3.05) is 26.7 Å². The van der Waals surface area contributed by atoms with Gasteiger partial charge in [-0.2, -0.15) is 0 Å². The van der Waals surface area contributed by atoms with Gasteiger partial charge in [0.05, 0.1) is 0 Å². The summed E-state index contributed by atoms with van der Waals surface area (Å²) in [5.41, 5.74) is 2.19. The number of para-hydroxylation sites is 1. The Kier molecular flexibility index (Phi) is 4.34. The van der Waals surface area contributed by atoms with Crippen LogP contribution >= 0.6 is 0 Å². The van der Waals surface area contributed by atoms with E-state index >= 15 is 0 Å². The zero-order valence-electron chi connectivity index (χ0n) is 13.2. The van der Waals surface area contributed by atoms with Crippen molar-refractivity contribution in [3.63, 3.8) is 0 Å². The summed E-state index contributed by atoms with van der Waals surface area (Å²) < 4.78 is 0. The highest BCUT2D eigenvalue weighted by atomic mass is 16.4. The van der Waals surface area contributed by atoms with Crippen molar-refractivity contribution >= 4 is 22.8 Å². The van der Waals surface area contributed by atoms with E-state index in [1.165, 1.54) is 0 Å². The number of rotatable bonds is 4. The van der Waals surface area contributed by atoms with Gasteiger partial charge in [0.15, 0.2) is 0 Å². The second-order valence-corrected chi connectivity index (χ2v) is 6.03. The highest BCUT2D eigenvalue weighted by Crippen LogP contribution is 2.19. The number of hydrogen-bond acceptors (Lipinski definition) is 3. The van der Waals surface area contributed by atoms with Crippen molar-refractivity contribution in [3.05, 3.63) is 36.0 Å². The molecule has 1 aromatic carbocycles. The van der Waals surface area contributed by atoms with E-state index in [1.54, 1.807) is 16.8 Å². The van der Waals surface area contributed by atoms with Gasteiger partial charge in [0, 0.05) is 43.2 Å². The fourth-order valence-electron chi connectivity index (χ4n) is 3.11. The number of aliphatic carboxylic acids is 1. The first-order valence-electron chi connectivity index (χ1n) is 7.82. The molecule has 0 saturated carbocycles. The average molecular weight is 315 g/mol. The summed E-state index contributed by atoms with van der Waals surface area (Å²) in [7, 11) is 1.78. The number of hydrogen-bond donors (Lipinski definition) is 2. The third-order valence-corrected chi connectivity index (χ3v) is 4.57. The fourth-order valence-corrected chi connectivity index (χ4v) is 3.11. The van der Waals surface area contributed by atoms with Crippen LogP contribution in [-0.2, 0) is 16.0 Å². The molecule has 1 aliphatic rings. The Morgan fingerprint density at radius 2 is 2.09 bits per heavy atom. The molecule has 6 nitrogen and oxygen atoms in total. The molecule has 23 heavy (non-hydrogen) atoms. The second kappa shape index (κ2) is 6.42. The predicted octanol–water partition coefficient (Wildman–Crippen LogP) is 1.33. The van der Waals surface area contributed by atoms with Gasteiger partial charge in [-0.25, -0.2) is 0 Å². The molecule has 2 heterocycles. The molecule has 1 saturated heterocycles. The van der Waals surface area contributed by atoms with Crippen molar-refractivity contribution in [3.8, 4) is 0 Å². The molecule has 0 aliphatic carbocycles. The van der Waals surface area contributed by atoms with Crippen LogP contribution in [-0.4, -0.2) is 64.5 Å². The van der Waals surface area contributed by atoms with Gasteiger partial charge in [0.1, 0.15) is 6.04 Å². The number of amides is 1. The smallest absolute Gasteiger partial charge is 0.322 e. The van der Waals surface area contributed by atoms with E-state index in [4.69, 9.17) is 0 Å². The van der Waals surface area contributed by atoms with Crippen LogP contribution in [0.3, 0.4) is 0 Å². The van der Waals surface area contributed by atoms with Crippen LogP contribution < -0.4 is 0 Å². The third-order valence-electron chi connectivity index (χ3n) is 4.57. The molecule has 1 atom stereocenters. The minimum atomic E-state index is -0.873. The monoisotopic (exact) mass is 315 g/mol.